The van der Waals surface area contributed by atoms with Gasteiger partial charge in [-0.2, -0.15) is 4.31 Å². The average Bonchev–Trinajstić information content (AvgIpc) is 3.39. The zero-order valence-electron chi connectivity index (χ0n) is 18.4. The van der Waals surface area contributed by atoms with Gasteiger partial charge in [0.05, 0.1) is 21.6 Å². The van der Waals surface area contributed by atoms with Gasteiger partial charge in [0.15, 0.2) is 5.16 Å². The van der Waals surface area contributed by atoms with Crippen LogP contribution in [0.5, 0.6) is 0 Å². The Morgan fingerprint density at radius 3 is 2.66 bits per heavy atom. The number of sulfonamides is 1. The summed E-state index contributed by atoms with van der Waals surface area (Å²) in [4.78, 5) is 9.89. The van der Waals surface area contributed by atoms with Crippen molar-refractivity contribution in [3.63, 3.8) is 0 Å². The molecule has 1 fully saturated rings. The number of hydrogen-bond acceptors (Lipinski definition) is 5. The summed E-state index contributed by atoms with van der Waals surface area (Å²) >= 11 is 1.63. The third kappa shape index (κ3) is 3.82. The summed E-state index contributed by atoms with van der Waals surface area (Å²) in [5, 5.41) is 0.879. The average molecular weight is 470 g/mol. The molecule has 0 amide bonds. The highest BCUT2D eigenvalue weighted by Gasteiger charge is 2.26. The molecule has 0 aliphatic carbocycles. The van der Waals surface area contributed by atoms with Crippen LogP contribution in [0.3, 0.4) is 0 Å². The van der Waals surface area contributed by atoms with Crippen molar-refractivity contribution in [3.05, 3.63) is 54.0 Å². The molecular weight excluding hydrogens is 442 g/mol. The van der Waals surface area contributed by atoms with Crippen LogP contribution >= 0.6 is 11.8 Å². The highest BCUT2D eigenvalue weighted by molar-refractivity contribution is 7.98. The van der Waals surface area contributed by atoms with E-state index in [9.17, 15) is 8.42 Å². The molecule has 9 heteroatoms. The fraction of sp³-hybridized carbons (Fsp3) is 0.391. The predicted molar refractivity (Wildman–Crippen MR) is 128 cm³/mol. The molecule has 0 unspecified atom stereocenters. The first kappa shape index (κ1) is 21.5. The molecule has 1 aliphatic rings. The lowest BCUT2D eigenvalue weighted by molar-refractivity contribution is 0.346. The van der Waals surface area contributed by atoms with Crippen molar-refractivity contribution in [1.82, 2.24) is 23.2 Å². The second-order valence-electron chi connectivity index (χ2n) is 8.20. The molecule has 4 aromatic rings. The largest absolute Gasteiger partial charge is 0.319 e. The summed E-state index contributed by atoms with van der Waals surface area (Å²) in [7, 11) is -3.47. The van der Waals surface area contributed by atoms with Gasteiger partial charge in [0.2, 0.25) is 10.0 Å². The quantitative estimate of drug-likeness (QED) is 0.389. The molecule has 3 aromatic heterocycles. The number of pyridine rings is 1. The van der Waals surface area contributed by atoms with Gasteiger partial charge in [-0.25, -0.2) is 18.4 Å². The molecule has 0 radical (unpaired) electrons. The third-order valence-electron chi connectivity index (χ3n) is 6.03. The highest BCUT2D eigenvalue weighted by atomic mass is 32.2. The van der Waals surface area contributed by atoms with Crippen LogP contribution in [-0.2, 0) is 22.3 Å². The summed E-state index contributed by atoms with van der Waals surface area (Å²) in [6.45, 7) is 6.11. The number of fused-ring (bicyclic) bond motifs is 2. The van der Waals surface area contributed by atoms with E-state index in [1.165, 1.54) is 0 Å². The van der Waals surface area contributed by atoms with E-state index in [4.69, 9.17) is 9.97 Å². The van der Waals surface area contributed by atoms with E-state index >= 15 is 0 Å². The van der Waals surface area contributed by atoms with Gasteiger partial charge in [-0.1, -0.05) is 24.2 Å². The van der Waals surface area contributed by atoms with Crippen LogP contribution in [-0.4, -0.2) is 44.7 Å². The molecule has 0 N–H and O–H groups in total. The second-order valence-corrected chi connectivity index (χ2v) is 11.1. The highest BCUT2D eigenvalue weighted by Crippen LogP contribution is 2.29. The number of hydrogen-bond donors (Lipinski definition) is 0. The number of benzene rings is 1. The number of rotatable bonds is 6. The number of thioether (sulfide) groups is 1. The number of imidazole rings is 2. The van der Waals surface area contributed by atoms with Crippen molar-refractivity contribution in [2.45, 2.75) is 55.5 Å². The van der Waals surface area contributed by atoms with Gasteiger partial charge in [-0.3, -0.25) is 0 Å². The summed E-state index contributed by atoms with van der Waals surface area (Å²) in [6, 6.07) is 9.42. The smallest absolute Gasteiger partial charge is 0.243 e. The Kier molecular flexibility index (Phi) is 5.73. The Balaban J connectivity index is 1.43. The van der Waals surface area contributed by atoms with Gasteiger partial charge in [0.25, 0.3) is 0 Å². The number of nitrogens with zero attached hydrogens (tertiary/aromatic N) is 5. The van der Waals surface area contributed by atoms with Crippen molar-refractivity contribution in [1.29, 1.82) is 0 Å². The van der Waals surface area contributed by atoms with Crippen LogP contribution in [0.25, 0.3) is 16.7 Å². The summed E-state index contributed by atoms with van der Waals surface area (Å²) in [5.41, 5.74) is 4.79. The molecule has 4 heterocycles. The molecule has 7 nitrogen and oxygen atoms in total. The van der Waals surface area contributed by atoms with E-state index in [1.54, 1.807) is 28.2 Å². The van der Waals surface area contributed by atoms with E-state index < -0.39 is 10.0 Å². The predicted octanol–water partition coefficient (Wildman–Crippen LogP) is 4.48. The maximum atomic E-state index is 13.1. The van der Waals surface area contributed by atoms with E-state index in [0.29, 0.717) is 23.7 Å². The monoisotopic (exact) mass is 469 g/mol. The molecule has 168 valence electrons. The van der Waals surface area contributed by atoms with Crippen molar-refractivity contribution in [3.8, 4) is 0 Å². The van der Waals surface area contributed by atoms with E-state index in [0.717, 1.165) is 58.9 Å². The van der Waals surface area contributed by atoms with Crippen LogP contribution in [0.4, 0.5) is 0 Å². The van der Waals surface area contributed by atoms with Crippen LogP contribution in [0.1, 0.15) is 37.4 Å². The number of aromatic nitrogens is 4. The first-order valence-electron chi connectivity index (χ1n) is 11.0. The Morgan fingerprint density at radius 1 is 1.09 bits per heavy atom. The van der Waals surface area contributed by atoms with Crippen LogP contribution < -0.4 is 0 Å². The molecule has 0 saturated carbocycles. The molecule has 1 aromatic carbocycles. The fourth-order valence-electron chi connectivity index (χ4n) is 4.33. The lowest BCUT2D eigenvalue weighted by Crippen LogP contribution is -2.35. The molecule has 32 heavy (non-hydrogen) atoms. The maximum absolute atomic E-state index is 13.1. The SMILES string of the molecule is CCn1c(SCc2cn3cccc(C)c3n2)nc2cc(S(=O)(=O)N3CCCCC3)ccc21. The van der Waals surface area contributed by atoms with E-state index in [1.807, 2.05) is 22.7 Å². The van der Waals surface area contributed by atoms with Gasteiger partial charge in [-0.05, 0) is 56.5 Å². The summed E-state index contributed by atoms with van der Waals surface area (Å²) < 4.78 is 32.0. The minimum Gasteiger partial charge on any atom is -0.319 e. The first-order valence-corrected chi connectivity index (χ1v) is 13.5. The minimum absolute atomic E-state index is 0.333. The van der Waals surface area contributed by atoms with Gasteiger partial charge >= 0.3 is 0 Å². The maximum Gasteiger partial charge on any atom is 0.243 e. The standard InChI is InChI=1S/C23H27N5O2S2/c1-3-28-21-10-9-19(32(29,30)27-12-5-4-6-13-27)14-20(21)25-23(28)31-16-18-15-26-11-7-8-17(2)22(26)24-18/h7-11,14-15H,3-6,12-13,16H2,1-2H3. The van der Waals surface area contributed by atoms with E-state index in [2.05, 4.69) is 30.7 Å². The van der Waals surface area contributed by atoms with Crippen molar-refractivity contribution < 1.29 is 8.42 Å². The minimum atomic E-state index is -3.47. The van der Waals surface area contributed by atoms with E-state index in [-0.39, 0.29) is 0 Å². The Hall–Kier alpha value is -2.36. The second kappa shape index (κ2) is 8.53. The van der Waals surface area contributed by atoms with Gasteiger partial charge in [0.1, 0.15) is 5.65 Å². The topological polar surface area (TPSA) is 72.5 Å². The Bertz CT molecular complexity index is 1380. The van der Waals surface area contributed by atoms with Crippen LogP contribution in [0.15, 0.2) is 52.8 Å². The molecule has 1 aliphatic heterocycles. The van der Waals surface area contributed by atoms with Crippen molar-refractivity contribution in [2.75, 3.05) is 13.1 Å². The van der Waals surface area contributed by atoms with Gasteiger partial charge < -0.3 is 8.97 Å². The lowest BCUT2D eigenvalue weighted by atomic mass is 10.2. The molecule has 0 spiro atoms. The molecular formula is C23H27N5O2S2. The fourth-order valence-corrected chi connectivity index (χ4v) is 6.83. The van der Waals surface area contributed by atoms with Crippen LogP contribution in [0, 0.1) is 6.92 Å². The van der Waals surface area contributed by atoms with Gasteiger partial charge in [0, 0.05) is 37.8 Å². The number of piperidine rings is 1. The summed E-state index contributed by atoms with van der Waals surface area (Å²) in [5.74, 6) is 0.698. The Labute approximate surface area is 192 Å². The number of aryl methyl sites for hydroxylation is 2. The molecule has 0 atom stereocenters. The van der Waals surface area contributed by atoms with Gasteiger partial charge in [-0.15, -0.1) is 0 Å². The van der Waals surface area contributed by atoms with Crippen LogP contribution in [0.2, 0.25) is 0 Å². The zero-order chi connectivity index (χ0) is 22.3. The summed E-state index contributed by atoms with van der Waals surface area (Å²) in [6.07, 6.45) is 7.01. The van der Waals surface area contributed by atoms with Crippen molar-refractivity contribution in [2.24, 2.45) is 0 Å². The van der Waals surface area contributed by atoms with Crippen molar-refractivity contribution >= 4 is 38.5 Å². The lowest BCUT2D eigenvalue weighted by Gasteiger charge is -2.25. The molecule has 0 bridgehead atoms. The third-order valence-corrected chi connectivity index (χ3v) is 8.94. The first-order chi connectivity index (χ1) is 15.5. The Morgan fingerprint density at radius 2 is 1.91 bits per heavy atom. The molecule has 5 rings (SSSR count). The normalized spacial score (nSPS) is 15.7. The zero-order valence-corrected chi connectivity index (χ0v) is 20.0. The molecule has 1 saturated heterocycles.